The topological polar surface area (TPSA) is 32.8 Å². The summed E-state index contributed by atoms with van der Waals surface area (Å²) in [5, 5.41) is 4.34. The van der Waals surface area contributed by atoms with Crippen LogP contribution in [-0.2, 0) is 21.7 Å². The van der Waals surface area contributed by atoms with E-state index in [1.807, 2.05) is 0 Å². The Morgan fingerprint density at radius 1 is 0.246 bits per heavy atom. The molecule has 0 saturated carbocycles. The molecule has 5 aliphatic carbocycles. The number of nitrogens with zero attached hydrogens (tertiary/aromatic N) is 2. The molecule has 580 valence electrons. The van der Waals surface area contributed by atoms with E-state index in [-0.39, 0.29) is 16.2 Å². The van der Waals surface area contributed by atoms with Gasteiger partial charge in [-0.05, 0) is 263 Å². The van der Waals surface area contributed by atoms with E-state index in [9.17, 15) is 0 Å². The molecule has 0 bridgehead atoms. The second-order valence-corrected chi connectivity index (χ2v) is 35.4. The van der Waals surface area contributed by atoms with Crippen molar-refractivity contribution in [1.82, 2.24) is 0 Å². The number of fused-ring (bicyclic) bond motifs is 18. The van der Waals surface area contributed by atoms with Crippen molar-refractivity contribution in [2.24, 2.45) is 0 Å². The summed E-state index contributed by atoms with van der Waals surface area (Å²) in [5.41, 5.74) is 43.2. The zero-order valence-electron chi connectivity index (χ0n) is 69.1. The Kier molecular flexibility index (Phi) is 15.8. The molecule has 5 aliphatic rings. The van der Waals surface area contributed by atoms with Gasteiger partial charge in [-0.25, -0.2) is 0 Å². The van der Waals surface area contributed by atoms with Crippen LogP contribution in [-0.4, -0.2) is 0 Å². The van der Waals surface area contributed by atoms with E-state index in [2.05, 4.69) is 440 Å². The molecular weight excluding hydrogens is 1480 g/mol. The lowest BCUT2D eigenvalue weighted by atomic mass is 9.71. The molecule has 122 heavy (non-hydrogen) atoms. The van der Waals surface area contributed by atoms with Crippen LogP contribution in [0.4, 0.5) is 34.1 Å². The lowest BCUT2D eigenvalue weighted by Crippen LogP contribution is -2.25. The highest BCUT2D eigenvalue weighted by Gasteiger charge is 2.45. The summed E-state index contributed by atoms with van der Waals surface area (Å²) in [6.07, 6.45) is 9.00. The van der Waals surface area contributed by atoms with E-state index >= 15 is 0 Å². The Balaban J connectivity index is 0.639. The molecule has 0 aliphatic heterocycles. The van der Waals surface area contributed by atoms with E-state index in [1.165, 1.54) is 100 Å². The maximum Gasteiger partial charge on any atom is 0.136 e. The number of hydrogen-bond donors (Lipinski definition) is 0. The fourth-order valence-electron chi connectivity index (χ4n) is 22.3. The largest absolute Gasteiger partial charge is 0.456 e. The number of benzene rings is 17. The third-order valence-electron chi connectivity index (χ3n) is 28.4. The molecule has 4 nitrogen and oxygen atoms in total. The summed E-state index contributed by atoms with van der Waals surface area (Å²) >= 11 is 0. The molecule has 24 rings (SSSR count). The molecule has 0 N–H and O–H groups in total. The van der Waals surface area contributed by atoms with Crippen LogP contribution < -0.4 is 9.80 Å². The number of rotatable bonds is 13. The van der Waals surface area contributed by atoms with Gasteiger partial charge in [0, 0.05) is 77.1 Å². The molecule has 0 spiro atoms. The smallest absolute Gasteiger partial charge is 0.136 e. The number of hydrogen-bond acceptors (Lipinski definition) is 4. The molecule has 2 unspecified atom stereocenters. The third-order valence-corrected chi connectivity index (χ3v) is 28.4. The van der Waals surface area contributed by atoms with Crippen molar-refractivity contribution in [3.8, 4) is 100 Å². The van der Waals surface area contributed by atoms with Crippen LogP contribution in [0.2, 0.25) is 0 Å². The van der Waals surface area contributed by atoms with Crippen molar-refractivity contribution < 1.29 is 8.83 Å². The molecule has 19 aromatic rings. The first kappa shape index (κ1) is 71.5. The second kappa shape index (κ2) is 27.0. The fourth-order valence-corrected chi connectivity index (χ4v) is 22.3. The summed E-state index contributed by atoms with van der Waals surface area (Å²) in [7, 11) is 0. The summed E-state index contributed by atoms with van der Waals surface area (Å²) < 4.78 is 14.2. The molecule has 0 amide bonds. The first-order valence-electron chi connectivity index (χ1n) is 43.1. The molecule has 0 saturated heterocycles. The van der Waals surface area contributed by atoms with E-state index in [0.29, 0.717) is 0 Å². The van der Waals surface area contributed by atoms with Crippen LogP contribution in [0.1, 0.15) is 104 Å². The van der Waals surface area contributed by atoms with Crippen LogP contribution in [0.5, 0.6) is 0 Å². The van der Waals surface area contributed by atoms with Gasteiger partial charge in [0.1, 0.15) is 22.3 Å². The van der Waals surface area contributed by atoms with Crippen LogP contribution in [0.3, 0.4) is 0 Å². The van der Waals surface area contributed by atoms with Crippen molar-refractivity contribution in [3.05, 3.63) is 444 Å². The predicted octanol–water partition coefficient (Wildman–Crippen LogP) is 32.3. The Labute approximate surface area is 711 Å². The number of para-hydroxylation sites is 2. The van der Waals surface area contributed by atoms with Crippen LogP contribution >= 0.6 is 0 Å². The Hall–Kier alpha value is -14.6. The Morgan fingerprint density at radius 3 is 1.20 bits per heavy atom. The van der Waals surface area contributed by atoms with Crippen LogP contribution in [0, 0.1) is 0 Å². The summed E-state index contributed by atoms with van der Waals surface area (Å²) in [6, 6.07) is 139. The van der Waals surface area contributed by atoms with Gasteiger partial charge < -0.3 is 18.6 Å². The molecule has 2 heterocycles. The lowest BCUT2D eigenvalue weighted by Gasteiger charge is -2.34. The van der Waals surface area contributed by atoms with E-state index in [1.54, 1.807) is 0 Å². The minimum atomic E-state index is -0.551. The standard InChI is InChI=1S/C118H86N2O2/c1-115(2)98-44-22-16-36-85(98)89-62-57-80(69-102(89)115)119(106-48-26-20-40-93(106)95-43-29-51-109-114(95)113-84(42-28-50-108(113)121-109)75-32-12-8-13-33-75)82-59-65-92-88-39-19-25-47-101(88)118(6,105(92)72-82)79-55-52-74(53-56-79)76-54-61-96-110(67-76)122-111-68-77(73-30-10-7-11-31-73)66-97(112(96)111)94-41-21-27-49-107(94)120(81-58-63-90-86-37-17-23-45-99(86)116(3,4)103(90)70-81)83-60-64-91-87-38-18-24-46-100(87)117(5,104(91)71-83)78-34-14-9-15-35-78/h7-14,16-34,36-72H,15,35H2,1-6H3. The average molecular weight is 1560 g/mol. The maximum absolute atomic E-state index is 7.37. The number of furan rings is 2. The highest BCUT2D eigenvalue weighted by molar-refractivity contribution is 6.20. The minimum absolute atomic E-state index is 0.225. The van der Waals surface area contributed by atoms with Gasteiger partial charge >= 0.3 is 0 Å². The van der Waals surface area contributed by atoms with Gasteiger partial charge in [-0.1, -0.05) is 324 Å². The molecule has 17 aromatic carbocycles. The third kappa shape index (κ3) is 10.5. The minimum Gasteiger partial charge on any atom is -0.456 e. The second-order valence-electron chi connectivity index (χ2n) is 35.4. The van der Waals surface area contributed by atoms with Gasteiger partial charge in [0.05, 0.1) is 11.4 Å². The maximum atomic E-state index is 7.37. The van der Waals surface area contributed by atoms with Crippen molar-refractivity contribution >= 4 is 78.0 Å². The van der Waals surface area contributed by atoms with Gasteiger partial charge in [0.25, 0.3) is 0 Å². The Bertz CT molecular complexity index is 7670. The number of allylic oxidation sites excluding steroid dienone is 4. The van der Waals surface area contributed by atoms with Gasteiger partial charge in [0.15, 0.2) is 0 Å². The monoisotopic (exact) mass is 1560 g/mol. The van der Waals surface area contributed by atoms with E-state index in [0.717, 1.165) is 146 Å². The average Bonchev–Trinajstić information content (AvgIpc) is 1.55. The van der Waals surface area contributed by atoms with Crippen molar-refractivity contribution in [1.29, 1.82) is 0 Å². The molecule has 0 radical (unpaired) electrons. The lowest BCUT2D eigenvalue weighted by molar-refractivity contribution is 0.650. The van der Waals surface area contributed by atoms with Crippen molar-refractivity contribution in [2.45, 2.75) is 76.0 Å². The van der Waals surface area contributed by atoms with Gasteiger partial charge in [-0.3, -0.25) is 0 Å². The summed E-state index contributed by atoms with van der Waals surface area (Å²) in [6.45, 7) is 14.5. The highest BCUT2D eigenvalue weighted by Crippen LogP contribution is 2.61. The van der Waals surface area contributed by atoms with E-state index < -0.39 is 5.41 Å². The SMILES string of the molecule is CC1(C)c2ccccc2-c2ccc(N(c3ccc4c(c3)C(C)(C3=CC=CCC3)c3ccccc3-4)c3ccccc3-c3cc(-c4ccccc4)cc4oc5cc(-c6ccc(C7(C)c8ccccc8-c8ccc(N(c9ccc%10c(c9)C(C)(C)c9ccccc9-%10)c9ccccc9-c9cccc%10oc%11cccc(-c%12ccccc%12)c%11c9%10)cc87)cc6)ccc5c34)cc21. The van der Waals surface area contributed by atoms with Crippen LogP contribution in [0.15, 0.2) is 403 Å². The van der Waals surface area contributed by atoms with Gasteiger partial charge in [-0.2, -0.15) is 0 Å². The number of anilines is 6. The van der Waals surface area contributed by atoms with Gasteiger partial charge in [0.2, 0.25) is 0 Å². The summed E-state index contributed by atoms with van der Waals surface area (Å²) in [4.78, 5) is 5.08. The normalized spacial score (nSPS) is 16.4. The fraction of sp³-hybridized carbons (Fsp3) is 0.102. The zero-order valence-corrected chi connectivity index (χ0v) is 69.1. The van der Waals surface area contributed by atoms with Crippen molar-refractivity contribution in [2.75, 3.05) is 9.80 Å². The molecule has 2 atom stereocenters. The Morgan fingerprint density at radius 2 is 0.648 bits per heavy atom. The van der Waals surface area contributed by atoms with Crippen LogP contribution in [0.25, 0.3) is 144 Å². The quantitative estimate of drug-likeness (QED) is 0.115. The van der Waals surface area contributed by atoms with Gasteiger partial charge in [-0.15, -0.1) is 0 Å². The molecule has 2 aromatic heterocycles. The first-order valence-corrected chi connectivity index (χ1v) is 43.1. The van der Waals surface area contributed by atoms with E-state index in [4.69, 9.17) is 8.83 Å². The highest BCUT2D eigenvalue weighted by atomic mass is 16.3. The zero-order chi connectivity index (χ0) is 81.5. The predicted molar refractivity (Wildman–Crippen MR) is 508 cm³/mol. The molecule has 0 fully saturated rings. The summed E-state index contributed by atoms with van der Waals surface area (Å²) in [5.74, 6) is 0. The first-order chi connectivity index (χ1) is 59.8. The molecular formula is C118H86N2O2. The van der Waals surface area contributed by atoms with Crippen molar-refractivity contribution in [3.63, 3.8) is 0 Å². The molecule has 4 heteroatoms.